The van der Waals surface area contributed by atoms with E-state index in [2.05, 4.69) is 24.5 Å². The van der Waals surface area contributed by atoms with E-state index in [1.165, 1.54) is 10.6 Å². The molecule has 0 bridgehead atoms. The minimum absolute atomic E-state index is 0.0459. The summed E-state index contributed by atoms with van der Waals surface area (Å²) in [6, 6.07) is 2.98. The largest absolute Gasteiger partial charge is 0.586 e. The lowest BCUT2D eigenvalue weighted by Gasteiger charge is -2.05. The number of fused-ring (bicyclic) bond motifs is 5. The van der Waals surface area contributed by atoms with Crippen LogP contribution in [0.1, 0.15) is 19.2 Å². The second kappa shape index (κ2) is 4.15. The van der Waals surface area contributed by atoms with Crippen LogP contribution in [-0.2, 0) is 6.42 Å². The average molecular weight is 307 g/mol. The van der Waals surface area contributed by atoms with Gasteiger partial charge in [-0.05, 0) is 18.6 Å². The first-order valence-electron chi connectivity index (χ1n) is 6.72. The highest BCUT2D eigenvalue weighted by Crippen LogP contribution is 2.45. The molecule has 1 aliphatic heterocycles. The summed E-state index contributed by atoms with van der Waals surface area (Å²) >= 11 is 0. The normalized spacial score (nSPS) is 15.8. The molecule has 0 saturated heterocycles. The highest BCUT2D eigenvalue weighted by Gasteiger charge is 2.44. The van der Waals surface area contributed by atoms with Crippen molar-refractivity contribution in [2.24, 2.45) is 0 Å². The van der Waals surface area contributed by atoms with Crippen molar-refractivity contribution in [3.8, 4) is 11.5 Å². The van der Waals surface area contributed by atoms with E-state index in [4.69, 9.17) is 5.73 Å². The zero-order valence-corrected chi connectivity index (χ0v) is 11.5. The number of benzene rings is 1. The van der Waals surface area contributed by atoms with E-state index in [-0.39, 0.29) is 23.0 Å². The Hall–Kier alpha value is -2.71. The summed E-state index contributed by atoms with van der Waals surface area (Å²) in [7, 11) is 0. The topological polar surface area (TPSA) is 87.6 Å². The van der Waals surface area contributed by atoms with Gasteiger partial charge in [0.25, 0.3) is 0 Å². The van der Waals surface area contributed by atoms with E-state index >= 15 is 0 Å². The van der Waals surface area contributed by atoms with Gasteiger partial charge in [-0.25, -0.2) is 9.97 Å². The van der Waals surface area contributed by atoms with Gasteiger partial charge in [0.05, 0.1) is 0 Å². The van der Waals surface area contributed by atoms with Crippen molar-refractivity contribution in [2.75, 3.05) is 5.73 Å². The summed E-state index contributed by atoms with van der Waals surface area (Å²) in [5.41, 5.74) is 6.49. The third kappa shape index (κ3) is 1.74. The molecular formula is C13H11F2N5O2. The summed E-state index contributed by atoms with van der Waals surface area (Å²) in [5, 5.41) is 4.79. The van der Waals surface area contributed by atoms with Crippen LogP contribution in [0.3, 0.4) is 0 Å². The van der Waals surface area contributed by atoms with Crippen molar-refractivity contribution in [1.29, 1.82) is 0 Å². The van der Waals surface area contributed by atoms with E-state index in [1.54, 1.807) is 6.07 Å². The highest BCUT2D eigenvalue weighted by molar-refractivity contribution is 5.97. The van der Waals surface area contributed by atoms with Crippen molar-refractivity contribution in [1.82, 2.24) is 19.6 Å². The van der Waals surface area contributed by atoms with Crippen LogP contribution in [0.4, 0.5) is 14.7 Å². The van der Waals surface area contributed by atoms with E-state index in [0.717, 1.165) is 6.42 Å². The Bertz CT molecular complexity index is 908. The maximum Gasteiger partial charge on any atom is 0.586 e. The fourth-order valence-electron chi connectivity index (χ4n) is 2.47. The molecule has 2 aromatic heterocycles. The minimum Gasteiger partial charge on any atom is -0.395 e. The van der Waals surface area contributed by atoms with Gasteiger partial charge in [-0.3, -0.25) is 0 Å². The number of nitrogens with zero attached hydrogens (tertiary/aromatic N) is 4. The van der Waals surface area contributed by atoms with Gasteiger partial charge in [-0.15, -0.1) is 13.9 Å². The molecule has 2 N–H and O–H groups in total. The molecule has 0 atom stereocenters. The summed E-state index contributed by atoms with van der Waals surface area (Å²) in [6.45, 7) is 2.01. The smallest absolute Gasteiger partial charge is 0.395 e. The first-order chi connectivity index (χ1) is 10.5. The minimum atomic E-state index is -3.71. The molecule has 0 saturated carbocycles. The first kappa shape index (κ1) is 13.0. The average Bonchev–Trinajstić information content (AvgIpc) is 2.99. The van der Waals surface area contributed by atoms with Crippen LogP contribution in [0.2, 0.25) is 0 Å². The zero-order chi connectivity index (χ0) is 15.5. The molecule has 9 heteroatoms. The van der Waals surface area contributed by atoms with Crippen molar-refractivity contribution in [3.63, 3.8) is 0 Å². The van der Waals surface area contributed by atoms with Gasteiger partial charge in [0, 0.05) is 11.8 Å². The Morgan fingerprint density at radius 2 is 2.09 bits per heavy atom. The number of hydrogen-bond acceptors (Lipinski definition) is 6. The van der Waals surface area contributed by atoms with E-state index in [1.807, 2.05) is 6.92 Å². The number of aryl methyl sites for hydroxylation is 1. The van der Waals surface area contributed by atoms with Crippen LogP contribution in [0.5, 0.6) is 11.5 Å². The van der Waals surface area contributed by atoms with Gasteiger partial charge >= 0.3 is 6.29 Å². The van der Waals surface area contributed by atoms with Gasteiger partial charge < -0.3 is 15.2 Å². The predicted molar refractivity (Wildman–Crippen MR) is 72.9 cm³/mol. The quantitative estimate of drug-likeness (QED) is 0.780. The molecule has 0 spiro atoms. The maximum atomic E-state index is 13.2. The molecule has 0 unspecified atom stereocenters. The van der Waals surface area contributed by atoms with Gasteiger partial charge in [0.15, 0.2) is 23.0 Å². The lowest BCUT2D eigenvalue weighted by Crippen LogP contribution is -2.26. The molecule has 1 aliphatic rings. The molecule has 3 aromatic rings. The molecular weight excluding hydrogens is 296 g/mol. The highest BCUT2D eigenvalue weighted by atomic mass is 19.3. The van der Waals surface area contributed by atoms with Gasteiger partial charge in [0.2, 0.25) is 5.95 Å². The van der Waals surface area contributed by atoms with Crippen LogP contribution in [0.25, 0.3) is 16.6 Å². The number of rotatable bonds is 2. The van der Waals surface area contributed by atoms with Crippen LogP contribution < -0.4 is 15.2 Å². The zero-order valence-electron chi connectivity index (χ0n) is 11.5. The Labute approximate surface area is 122 Å². The third-order valence-corrected chi connectivity index (χ3v) is 3.35. The summed E-state index contributed by atoms with van der Waals surface area (Å²) < 4.78 is 36.8. The number of ether oxygens (including phenoxy) is 2. The van der Waals surface area contributed by atoms with Gasteiger partial charge in [0.1, 0.15) is 5.52 Å². The number of hydrogen-bond donors (Lipinski definition) is 1. The van der Waals surface area contributed by atoms with Gasteiger partial charge in [-0.2, -0.15) is 4.52 Å². The molecule has 7 nitrogen and oxygen atoms in total. The molecule has 22 heavy (non-hydrogen) atoms. The Morgan fingerprint density at radius 3 is 2.86 bits per heavy atom. The number of nitrogens with two attached hydrogens (primary N) is 1. The van der Waals surface area contributed by atoms with E-state index in [0.29, 0.717) is 23.3 Å². The molecule has 114 valence electrons. The lowest BCUT2D eigenvalue weighted by atomic mass is 10.2. The van der Waals surface area contributed by atoms with Crippen LogP contribution in [0, 0.1) is 0 Å². The third-order valence-electron chi connectivity index (χ3n) is 3.35. The predicted octanol–water partition coefficient (Wildman–Crippen LogP) is 2.13. The Kier molecular flexibility index (Phi) is 2.45. The van der Waals surface area contributed by atoms with Crippen molar-refractivity contribution in [3.05, 3.63) is 18.0 Å². The van der Waals surface area contributed by atoms with E-state index in [9.17, 15) is 8.78 Å². The van der Waals surface area contributed by atoms with Crippen LogP contribution in [0.15, 0.2) is 12.1 Å². The number of aromatic nitrogens is 4. The molecule has 3 heterocycles. The standard InChI is InChI=1S/C13H11F2N5O2/c1-2-3-8-17-11-6-4-5-7-10(22-13(14,15)21-7)9(6)18-12(16)20(11)19-8/h4-5H,2-3H2,1H3,(H2,16,18). The SMILES string of the molecule is CCCc1nc2c3ccc4c(c3nc(N)n2n1)OC(F)(F)O4. The summed E-state index contributed by atoms with van der Waals surface area (Å²) in [5.74, 6) is 0.440. The maximum absolute atomic E-state index is 13.2. The second-order valence-electron chi connectivity index (χ2n) is 4.94. The molecule has 0 radical (unpaired) electrons. The molecule has 0 fully saturated rings. The molecule has 0 aliphatic carbocycles. The number of halogens is 2. The molecule has 0 amide bonds. The van der Waals surface area contributed by atoms with Gasteiger partial charge in [-0.1, -0.05) is 6.92 Å². The monoisotopic (exact) mass is 307 g/mol. The molecule has 4 rings (SSSR count). The fraction of sp³-hybridized carbons (Fsp3) is 0.308. The number of nitrogen functional groups attached to an aromatic ring is 1. The number of anilines is 1. The Balaban J connectivity index is 2.03. The van der Waals surface area contributed by atoms with E-state index < -0.39 is 6.29 Å². The number of alkyl halides is 2. The Morgan fingerprint density at radius 1 is 1.27 bits per heavy atom. The lowest BCUT2D eigenvalue weighted by molar-refractivity contribution is -0.286. The van der Waals surface area contributed by atoms with Crippen LogP contribution >= 0.6 is 0 Å². The van der Waals surface area contributed by atoms with Crippen molar-refractivity contribution < 1.29 is 18.3 Å². The van der Waals surface area contributed by atoms with Crippen LogP contribution in [-0.4, -0.2) is 25.9 Å². The fourth-order valence-corrected chi connectivity index (χ4v) is 2.47. The summed E-state index contributed by atoms with van der Waals surface area (Å²) in [6.07, 6.45) is -2.15. The van der Waals surface area contributed by atoms with Crippen molar-refractivity contribution >= 4 is 22.5 Å². The second-order valence-corrected chi connectivity index (χ2v) is 4.94. The molecule has 1 aromatic carbocycles. The summed E-state index contributed by atoms with van der Waals surface area (Å²) in [4.78, 5) is 8.52. The first-order valence-corrected chi connectivity index (χ1v) is 6.72. The van der Waals surface area contributed by atoms with Crippen molar-refractivity contribution in [2.45, 2.75) is 26.1 Å².